The molecule has 3 rings (SSSR count). The molecule has 2 unspecified atom stereocenters. The Morgan fingerprint density at radius 3 is 3.05 bits per heavy atom. The number of nitrogens with zero attached hydrogens (tertiary/aromatic N) is 1. The van der Waals surface area contributed by atoms with Crippen molar-refractivity contribution in [3.8, 4) is 0 Å². The minimum Gasteiger partial charge on any atom is -0.478 e. The molecule has 0 bridgehead atoms. The van der Waals surface area contributed by atoms with E-state index in [4.69, 9.17) is 14.3 Å². The molecule has 1 aliphatic heterocycles. The first-order chi connectivity index (χ1) is 9.13. The number of benzene rings is 1. The van der Waals surface area contributed by atoms with E-state index in [1.807, 2.05) is 6.92 Å². The Balaban J connectivity index is 1.87. The van der Waals surface area contributed by atoms with Gasteiger partial charge in [0.15, 0.2) is 5.58 Å². The van der Waals surface area contributed by atoms with Crippen LogP contribution in [0.2, 0.25) is 0 Å². The first-order valence-electron chi connectivity index (χ1n) is 6.05. The number of aromatic nitrogens is 1. The zero-order valence-corrected chi connectivity index (χ0v) is 11.1. The molecule has 1 aromatic carbocycles. The zero-order valence-electron chi connectivity index (χ0n) is 10.3. The molecular formula is C13H13NO4S. The first-order valence-corrected chi connectivity index (χ1v) is 6.93. The maximum absolute atomic E-state index is 10.9. The third-order valence-electron chi connectivity index (χ3n) is 3.17. The van der Waals surface area contributed by atoms with Gasteiger partial charge >= 0.3 is 5.97 Å². The topological polar surface area (TPSA) is 72.6 Å². The molecule has 0 spiro atoms. The van der Waals surface area contributed by atoms with E-state index in [-0.39, 0.29) is 11.7 Å². The van der Waals surface area contributed by atoms with E-state index in [1.165, 1.54) is 12.1 Å². The van der Waals surface area contributed by atoms with Crippen LogP contribution in [0.4, 0.5) is 0 Å². The quantitative estimate of drug-likeness (QED) is 0.931. The summed E-state index contributed by atoms with van der Waals surface area (Å²) in [4.78, 5) is 15.2. The number of hydrogen-bond donors (Lipinski definition) is 1. The van der Waals surface area contributed by atoms with Crippen LogP contribution in [0.3, 0.4) is 0 Å². The van der Waals surface area contributed by atoms with Gasteiger partial charge in [-0.1, -0.05) is 11.8 Å². The molecule has 0 radical (unpaired) electrons. The molecule has 1 saturated heterocycles. The SMILES string of the molecule is CC1OCCC1Sc1nc2ccc(C(=O)O)cc2o1. The monoisotopic (exact) mass is 279 g/mol. The van der Waals surface area contributed by atoms with E-state index in [0.29, 0.717) is 21.6 Å². The van der Waals surface area contributed by atoms with Crippen LogP contribution in [0.1, 0.15) is 23.7 Å². The summed E-state index contributed by atoms with van der Waals surface area (Å²) in [6.45, 7) is 2.80. The summed E-state index contributed by atoms with van der Waals surface area (Å²) in [7, 11) is 0. The summed E-state index contributed by atoms with van der Waals surface area (Å²) in [5.41, 5.74) is 1.39. The van der Waals surface area contributed by atoms with Gasteiger partial charge in [-0.25, -0.2) is 9.78 Å². The summed E-state index contributed by atoms with van der Waals surface area (Å²) in [6.07, 6.45) is 1.17. The Labute approximate surface area is 114 Å². The van der Waals surface area contributed by atoms with E-state index in [9.17, 15) is 4.79 Å². The molecule has 0 amide bonds. The highest BCUT2D eigenvalue weighted by Crippen LogP contribution is 2.33. The van der Waals surface area contributed by atoms with Crippen molar-refractivity contribution in [2.45, 2.75) is 29.9 Å². The van der Waals surface area contributed by atoms with Crippen molar-refractivity contribution in [2.75, 3.05) is 6.61 Å². The molecule has 5 nitrogen and oxygen atoms in total. The molecule has 19 heavy (non-hydrogen) atoms. The Hall–Kier alpha value is -1.53. The molecule has 1 aliphatic rings. The van der Waals surface area contributed by atoms with Gasteiger partial charge in [-0.05, 0) is 31.5 Å². The average Bonchev–Trinajstić information content (AvgIpc) is 2.95. The van der Waals surface area contributed by atoms with Crippen LogP contribution in [-0.4, -0.2) is 34.0 Å². The Morgan fingerprint density at radius 1 is 1.53 bits per heavy atom. The molecule has 2 heterocycles. The van der Waals surface area contributed by atoms with Crippen molar-refractivity contribution >= 4 is 28.8 Å². The molecule has 2 aromatic rings. The zero-order chi connectivity index (χ0) is 13.4. The van der Waals surface area contributed by atoms with Crippen molar-refractivity contribution in [2.24, 2.45) is 0 Å². The average molecular weight is 279 g/mol. The van der Waals surface area contributed by atoms with Gasteiger partial charge < -0.3 is 14.3 Å². The number of fused-ring (bicyclic) bond motifs is 1. The van der Waals surface area contributed by atoms with Gasteiger partial charge in [-0.15, -0.1) is 0 Å². The minimum absolute atomic E-state index is 0.189. The minimum atomic E-state index is -0.967. The fourth-order valence-electron chi connectivity index (χ4n) is 2.08. The fourth-order valence-corrected chi connectivity index (χ4v) is 3.12. The lowest BCUT2D eigenvalue weighted by Gasteiger charge is -2.09. The molecule has 1 aromatic heterocycles. The lowest BCUT2D eigenvalue weighted by molar-refractivity contribution is 0.0697. The van der Waals surface area contributed by atoms with Gasteiger partial charge in [-0.3, -0.25) is 0 Å². The number of thioether (sulfide) groups is 1. The molecular weight excluding hydrogens is 266 g/mol. The number of carbonyl (C=O) groups is 1. The highest BCUT2D eigenvalue weighted by molar-refractivity contribution is 7.99. The van der Waals surface area contributed by atoms with Crippen molar-refractivity contribution in [3.05, 3.63) is 23.8 Å². The summed E-state index contributed by atoms with van der Waals surface area (Å²) < 4.78 is 11.1. The van der Waals surface area contributed by atoms with Crippen LogP contribution in [0.25, 0.3) is 11.1 Å². The van der Waals surface area contributed by atoms with Crippen LogP contribution < -0.4 is 0 Å². The smallest absolute Gasteiger partial charge is 0.335 e. The highest BCUT2D eigenvalue weighted by atomic mass is 32.2. The van der Waals surface area contributed by atoms with Crippen LogP contribution >= 0.6 is 11.8 Å². The summed E-state index contributed by atoms with van der Waals surface area (Å²) >= 11 is 1.55. The molecule has 100 valence electrons. The Morgan fingerprint density at radius 2 is 2.37 bits per heavy atom. The van der Waals surface area contributed by atoms with Crippen LogP contribution in [-0.2, 0) is 4.74 Å². The summed E-state index contributed by atoms with van der Waals surface area (Å²) in [5.74, 6) is -0.967. The van der Waals surface area contributed by atoms with Gasteiger partial charge in [0.05, 0.1) is 11.7 Å². The maximum Gasteiger partial charge on any atom is 0.335 e. The second-order valence-electron chi connectivity index (χ2n) is 4.49. The van der Waals surface area contributed by atoms with Gasteiger partial charge in [0, 0.05) is 11.9 Å². The van der Waals surface area contributed by atoms with Crippen molar-refractivity contribution in [1.29, 1.82) is 0 Å². The number of aromatic carboxylic acids is 1. The second-order valence-corrected chi connectivity index (χ2v) is 5.68. The highest BCUT2D eigenvalue weighted by Gasteiger charge is 2.27. The van der Waals surface area contributed by atoms with Crippen molar-refractivity contribution in [1.82, 2.24) is 4.98 Å². The van der Waals surface area contributed by atoms with Crippen LogP contribution in [0.5, 0.6) is 0 Å². The van der Waals surface area contributed by atoms with Gasteiger partial charge in [0.25, 0.3) is 5.22 Å². The molecule has 1 fully saturated rings. The number of carboxylic acid groups (broad SMARTS) is 1. The summed E-state index contributed by atoms with van der Waals surface area (Å²) in [6, 6.07) is 4.70. The van der Waals surface area contributed by atoms with E-state index in [0.717, 1.165) is 13.0 Å². The van der Waals surface area contributed by atoms with Crippen LogP contribution in [0.15, 0.2) is 27.8 Å². The van der Waals surface area contributed by atoms with Crippen molar-refractivity contribution in [3.63, 3.8) is 0 Å². The Kier molecular flexibility index (Phi) is 3.20. The normalized spacial score (nSPS) is 23.0. The maximum atomic E-state index is 10.9. The summed E-state index contributed by atoms with van der Waals surface area (Å²) in [5, 5.41) is 9.84. The van der Waals surface area contributed by atoms with Gasteiger partial charge in [0.1, 0.15) is 5.52 Å². The lowest BCUT2D eigenvalue weighted by atomic mass is 10.2. The number of hydrogen-bond acceptors (Lipinski definition) is 5. The lowest BCUT2D eigenvalue weighted by Crippen LogP contribution is -2.12. The predicted octanol–water partition coefficient (Wildman–Crippen LogP) is 2.80. The van der Waals surface area contributed by atoms with E-state index in [2.05, 4.69) is 4.98 Å². The standard InChI is InChI=1S/C13H13NO4S/c1-7-11(4-5-17-7)19-13-14-9-3-2-8(12(15)16)6-10(9)18-13/h2-3,6-7,11H,4-5H2,1H3,(H,15,16). The number of oxazole rings is 1. The fraction of sp³-hybridized carbons (Fsp3) is 0.385. The molecule has 2 atom stereocenters. The Bertz CT molecular complexity index is 624. The van der Waals surface area contributed by atoms with Crippen molar-refractivity contribution < 1.29 is 19.1 Å². The largest absolute Gasteiger partial charge is 0.478 e. The molecule has 0 aliphatic carbocycles. The second kappa shape index (κ2) is 4.86. The van der Waals surface area contributed by atoms with Crippen LogP contribution in [0, 0.1) is 0 Å². The van der Waals surface area contributed by atoms with Gasteiger partial charge in [-0.2, -0.15) is 0 Å². The predicted molar refractivity (Wildman–Crippen MR) is 70.6 cm³/mol. The van der Waals surface area contributed by atoms with E-state index < -0.39 is 5.97 Å². The molecule has 0 saturated carbocycles. The number of carboxylic acids is 1. The van der Waals surface area contributed by atoms with E-state index in [1.54, 1.807) is 17.8 Å². The number of ether oxygens (including phenoxy) is 1. The number of rotatable bonds is 3. The molecule has 6 heteroatoms. The first kappa shape index (κ1) is 12.5. The van der Waals surface area contributed by atoms with E-state index >= 15 is 0 Å². The molecule has 1 N–H and O–H groups in total. The third kappa shape index (κ3) is 2.46. The van der Waals surface area contributed by atoms with Gasteiger partial charge in [0.2, 0.25) is 0 Å². The third-order valence-corrected chi connectivity index (χ3v) is 4.47.